The number of hydrogen-bond donors (Lipinski definition) is 0. The van der Waals surface area contributed by atoms with Crippen molar-refractivity contribution in [1.29, 1.82) is 0 Å². The van der Waals surface area contributed by atoms with Gasteiger partial charge in [0.15, 0.2) is 0 Å². The van der Waals surface area contributed by atoms with Crippen molar-refractivity contribution in [3.63, 3.8) is 0 Å². The molecule has 0 bridgehead atoms. The van der Waals surface area contributed by atoms with Crippen LogP contribution in [0.15, 0.2) is 22.8 Å². The highest BCUT2D eigenvalue weighted by atomic mass is 79.9. The Labute approximate surface area is 134 Å². The summed E-state index contributed by atoms with van der Waals surface area (Å²) in [6.07, 6.45) is 4.79. The van der Waals surface area contributed by atoms with E-state index in [-0.39, 0.29) is 5.91 Å². The van der Waals surface area contributed by atoms with Gasteiger partial charge in [0.05, 0.1) is 5.69 Å². The molecule has 0 aliphatic rings. The smallest absolute Gasteiger partial charge is 0.272 e. The Morgan fingerprint density at radius 3 is 2.71 bits per heavy atom. The van der Waals surface area contributed by atoms with Crippen LogP contribution in [0.5, 0.6) is 0 Å². The number of unbranched alkanes of at least 4 members (excludes halogenated alkanes) is 1. The van der Waals surface area contributed by atoms with Gasteiger partial charge in [-0.25, -0.2) is 4.98 Å². The second-order valence-corrected chi connectivity index (χ2v) is 5.99. The number of nitrogens with zero attached hydrogens (tertiary/aromatic N) is 3. The van der Waals surface area contributed by atoms with E-state index in [0.29, 0.717) is 5.69 Å². The molecule has 0 unspecified atom stereocenters. The maximum Gasteiger partial charge on any atom is 0.272 e. The van der Waals surface area contributed by atoms with Crippen LogP contribution < -0.4 is 0 Å². The van der Waals surface area contributed by atoms with Crippen LogP contribution in [0.1, 0.15) is 49.8 Å². The molecule has 0 radical (unpaired) electrons. The summed E-state index contributed by atoms with van der Waals surface area (Å²) in [7, 11) is 0. The average molecular weight is 352 g/mol. The number of aromatic nitrogens is 2. The molecule has 0 saturated carbocycles. The van der Waals surface area contributed by atoms with Crippen molar-refractivity contribution >= 4 is 27.5 Å². The third-order valence-corrected chi connectivity index (χ3v) is 4.11. The molecule has 0 aromatic carbocycles. The molecule has 0 saturated heterocycles. The molecule has 2 aromatic heterocycles. The quantitative estimate of drug-likeness (QED) is 0.790. The first-order valence-corrected chi connectivity index (χ1v) is 8.37. The maximum atomic E-state index is 12.9. The fourth-order valence-electron chi connectivity index (χ4n) is 2.44. The lowest BCUT2D eigenvalue weighted by molar-refractivity contribution is 0.0754. The first kappa shape index (κ1) is 16.0. The lowest BCUT2D eigenvalue weighted by Gasteiger charge is -2.21. The molecule has 0 aliphatic heterocycles. The summed E-state index contributed by atoms with van der Waals surface area (Å²) in [6, 6.07) is 3.88. The van der Waals surface area contributed by atoms with E-state index in [1.54, 1.807) is 0 Å². The number of fused-ring (bicyclic) bond motifs is 1. The third-order valence-electron chi connectivity index (χ3n) is 3.64. The Morgan fingerprint density at radius 2 is 2.10 bits per heavy atom. The summed E-state index contributed by atoms with van der Waals surface area (Å²) in [4.78, 5) is 19.4. The normalized spacial score (nSPS) is 11.0. The van der Waals surface area contributed by atoms with Crippen molar-refractivity contribution in [2.75, 3.05) is 13.1 Å². The monoisotopic (exact) mass is 351 g/mol. The van der Waals surface area contributed by atoms with Crippen molar-refractivity contribution in [3.8, 4) is 0 Å². The van der Waals surface area contributed by atoms with Crippen LogP contribution >= 0.6 is 15.9 Å². The third kappa shape index (κ3) is 3.28. The topological polar surface area (TPSA) is 37.6 Å². The molecule has 0 aliphatic carbocycles. The van der Waals surface area contributed by atoms with Gasteiger partial charge < -0.3 is 4.90 Å². The summed E-state index contributed by atoms with van der Waals surface area (Å²) in [6.45, 7) is 7.73. The molecule has 2 aromatic rings. The van der Waals surface area contributed by atoms with Crippen LogP contribution in [-0.2, 0) is 6.42 Å². The van der Waals surface area contributed by atoms with Crippen LogP contribution in [0.2, 0.25) is 0 Å². The lowest BCUT2D eigenvalue weighted by Crippen LogP contribution is -2.33. The van der Waals surface area contributed by atoms with Gasteiger partial charge in [0.25, 0.3) is 5.91 Å². The second kappa shape index (κ2) is 7.07. The fourth-order valence-corrected chi connectivity index (χ4v) is 2.78. The number of aryl methyl sites for hydroxylation is 1. The largest absolute Gasteiger partial charge is 0.338 e. The van der Waals surface area contributed by atoms with E-state index in [1.165, 1.54) is 0 Å². The van der Waals surface area contributed by atoms with E-state index in [2.05, 4.69) is 27.8 Å². The van der Waals surface area contributed by atoms with Crippen LogP contribution in [-0.4, -0.2) is 33.3 Å². The van der Waals surface area contributed by atoms with E-state index in [0.717, 1.165) is 48.2 Å². The molecule has 114 valence electrons. The van der Waals surface area contributed by atoms with Crippen LogP contribution in [0.25, 0.3) is 5.65 Å². The van der Waals surface area contributed by atoms with Gasteiger partial charge in [0.2, 0.25) is 0 Å². The summed E-state index contributed by atoms with van der Waals surface area (Å²) >= 11 is 3.47. The molecule has 0 spiro atoms. The zero-order valence-corrected chi connectivity index (χ0v) is 14.5. The number of halogens is 1. The minimum Gasteiger partial charge on any atom is -0.338 e. The Morgan fingerprint density at radius 1 is 1.33 bits per heavy atom. The van der Waals surface area contributed by atoms with Gasteiger partial charge in [-0.3, -0.25) is 9.20 Å². The van der Waals surface area contributed by atoms with Gasteiger partial charge in [0.1, 0.15) is 11.3 Å². The summed E-state index contributed by atoms with van der Waals surface area (Å²) in [5.74, 6) is 0.0772. The highest BCUT2D eigenvalue weighted by molar-refractivity contribution is 9.10. The van der Waals surface area contributed by atoms with E-state index in [4.69, 9.17) is 0 Å². The molecular formula is C16H22BrN3O. The van der Waals surface area contributed by atoms with E-state index < -0.39 is 0 Å². The molecule has 5 heteroatoms. The van der Waals surface area contributed by atoms with Gasteiger partial charge in [0, 0.05) is 23.8 Å². The van der Waals surface area contributed by atoms with E-state index in [9.17, 15) is 4.79 Å². The SMILES string of the molecule is CCCCN(CC)C(=O)c1c(CC)nc2ccc(Br)cn12. The number of carbonyl (C=O) groups is 1. The van der Waals surface area contributed by atoms with Gasteiger partial charge in [-0.1, -0.05) is 20.3 Å². The number of hydrogen-bond acceptors (Lipinski definition) is 2. The van der Waals surface area contributed by atoms with Crippen LogP contribution in [0.3, 0.4) is 0 Å². The molecule has 4 nitrogen and oxygen atoms in total. The standard InChI is InChI=1S/C16H22BrN3O/c1-4-7-10-19(6-3)16(21)15-13(5-2)18-14-9-8-12(17)11-20(14)15/h8-9,11H,4-7,10H2,1-3H3. The first-order chi connectivity index (χ1) is 10.1. The van der Waals surface area contributed by atoms with Crippen molar-refractivity contribution < 1.29 is 4.79 Å². The zero-order chi connectivity index (χ0) is 15.4. The number of rotatable bonds is 6. The molecule has 1 amide bonds. The minimum absolute atomic E-state index is 0.0772. The zero-order valence-electron chi connectivity index (χ0n) is 12.9. The lowest BCUT2D eigenvalue weighted by atomic mass is 10.2. The van der Waals surface area contributed by atoms with Crippen molar-refractivity contribution in [3.05, 3.63) is 34.2 Å². The number of pyridine rings is 1. The highest BCUT2D eigenvalue weighted by Gasteiger charge is 2.22. The maximum absolute atomic E-state index is 12.9. The molecular weight excluding hydrogens is 330 g/mol. The number of amides is 1. The van der Waals surface area contributed by atoms with E-state index in [1.807, 2.05) is 41.5 Å². The van der Waals surface area contributed by atoms with Crippen molar-refractivity contribution in [1.82, 2.24) is 14.3 Å². The minimum atomic E-state index is 0.0772. The second-order valence-electron chi connectivity index (χ2n) is 5.07. The van der Waals surface area contributed by atoms with Gasteiger partial charge in [-0.15, -0.1) is 0 Å². The summed E-state index contributed by atoms with van der Waals surface area (Å²) in [5, 5.41) is 0. The Kier molecular flexibility index (Phi) is 5.39. The fraction of sp³-hybridized carbons (Fsp3) is 0.500. The van der Waals surface area contributed by atoms with Gasteiger partial charge in [-0.2, -0.15) is 0 Å². The molecule has 0 atom stereocenters. The van der Waals surface area contributed by atoms with Crippen LogP contribution in [0, 0.1) is 0 Å². The number of imidazole rings is 1. The molecule has 2 heterocycles. The van der Waals surface area contributed by atoms with Crippen molar-refractivity contribution in [2.45, 2.75) is 40.0 Å². The Balaban J connectivity index is 2.47. The predicted octanol–water partition coefficient (Wildman–Crippen LogP) is 3.92. The highest BCUT2D eigenvalue weighted by Crippen LogP contribution is 2.19. The average Bonchev–Trinajstić information content (AvgIpc) is 2.85. The molecule has 0 fully saturated rings. The Bertz CT molecular complexity index is 636. The molecule has 2 rings (SSSR count). The van der Waals surface area contributed by atoms with Gasteiger partial charge in [-0.05, 0) is 47.8 Å². The Hall–Kier alpha value is -1.36. The van der Waals surface area contributed by atoms with E-state index >= 15 is 0 Å². The predicted molar refractivity (Wildman–Crippen MR) is 88.8 cm³/mol. The number of carbonyl (C=O) groups excluding carboxylic acids is 1. The summed E-state index contributed by atoms with van der Waals surface area (Å²) < 4.78 is 2.85. The molecule has 0 N–H and O–H groups in total. The van der Waals surface area contributed by atoms with Crippen LogP contribution in [0.4, 0.5) is 0 Å². The van der Waals surface area contributed by atoms with Gasteiger partial charge >= 0.3 is 0 Å². The van der Waals surface area contributed by atoms with Crippen molar-refractivity contribution in [2.24, 2.45) is 0 Å². The molecule has 21 heavy (non-hydrogen) atoms. The first-order valence-electron chi connectivity index (χ1n) is 7.58. The summed E-state index contributed by atoms with van der Waals surface area (Å²) in [5.41, 5.74) is 2.39.